The van der Waals surface area contributed by atoms with Crippen LogP contribution in [-0.4, -0.2) is 42.6 Å². The molecule has 25 heavy (non-hydrogen) atoms. The Bertz CT molecular complexity index is 667. The van der Waals surface area contributed by atoms with Crippen LogP contribution < -0.4 is 0 Å². The lowest BCUT2D eigenvalue weighted by atomic mass is 9.82. The molecule has 0 aromatic carbocycles. The predicted molar refractivity (Wildman–Crippen MR) is 99.6 cm³/mol. The SMILES string of the molecule is CC/C(=N/OC/C=C/Cl)C1=C(O)C[C@@H](C[C@H](C)S(=O)(=O)CC)CC1=O. The second-order valence-electron chi connectivity index (χ2n) is 6.07. The van der Waals surface area contributed by atoms with E-state index in [0.717, 1.165) is 0 Å². The van der Waals surface area contributed by atoms with Gasteiger partial charge in [-0.15, -0.1) is 0 Å². The van der Waals surface area contributed by atoms with Crippen LogP contribution in [0.15, 0.2) is 28.1 Å². The van der Waals surface area contributed by atoms with E-state index >= 15 is 0 Å². The summed E-state index contributed by atoms with van der Waals surface area (Å²) in [5, 5.41) is 13.7. The fourth-order valence-corrected chi connectivity index (χ4v) is 4.06. The van der Waals surface area contributed by atoms with Crippen molar-refractivity contribution >= 4 is 32.9 Å². The summed E-state index contributed by atoms with van der Waals surface area (Å²) in [5.41, 5.74) is 1.89. The molecule has 142 valence electrons. The van der Waals surface area contributed by atoms with Gasteiger partial charge in [-0.05, 0) is 31.8 Å². The first-order chi connectivity index (χ1) is 11.8. The number of rotatable bonds is 9. The predicted octanol–water partition coefficient (Wildman–Crippen LogP) is 3.53. The summed E-state index contributed by atoms with van der Waals surface area (Å²) in [6, 6.07) is 0. The topological polar surface area (TPSA) is 93.0 Å². The Morgan fingerprint density at radius 3 is 2.64 bits per heavy atom. The molecule has 1 aliphatic rings. The van der Waals surface area contributed by atoms with Gasteiger partial charge in [0.25, 0.3) is 0 Å². The van der Waals surface area contributed by atoms with Gasteiger partial charge in [-0.1, -0.05) is 30.6 Å². The molecular weight excluding hydrogens is 366 g/mol. The van der Waals surface area contributed by atoms with Gasteiger partial charge in [-0.2, -0.15) is 0 Å². The van der Waals surface area contributed by atoms with Crippen LogP contribution in [0.3, 0.4) is 0 Å². The van der Waals surface area contributed by atoms with E-state index in [1.54, 1.807) is 19.9 Å². The van der Waals surface area contributed by atoms with Crippen molar-refractivity contribution in [2.75, 3.05) is 12.4 Å². The zero-order valence-electron chi connectivity index (χ0n) is 14.9. The number of nitrogens with zero attached hydrogens (tertiary/aromatic N) is 1. The highest BCUT2D eigenvalue weighted by Crippen LogP contribution is 2.31. The highest BCUT2D eigenvalue weighted by molar-refractivity contribution is 7.91. The van der Waals surface area contributed by atoms with Crippen LogP contribution in [0.1, 0.15) is 46.5 Å². The quantitative estimate of drug-likeness (QED) is 0.368. The monoisotopic (exact) mass is 391 g/mol. The first kappa shape index (κ1) is 21.7. The molecule has 8 heteroatoms. The van der Waals surface area contributed by atoms with E-state index in [0.29, 0.717) is 18.6 Å². The number of Topliss-reactive ketones (excluding diaryl/α,β-unsaturated/α-hetero) is 1. The zero-order chi connectivity index (χ0) is 19.0. The van der Waals surface area contributed by atoms with Gasteiger partial charge in [-0.3, -0.25) is 4.79 Å². The van der Waals surface area contributed by atoms with Crippen molar-refractivity contribution < 1.29 is 23.2 Å². The Morgan fingerprint density at radius 2 is 2.12 bits per heavy atom. The van der Waals surface area contributed by atoms with Crippen molar-refractivity contribution in [2.24, 2.45) is 11.1 Å². The van der Waals surface area contributed by atoms with E-state index in [4.69, 9.17) is 16.4 Å². The molecule has 2 atom stereocenters. The fourth-order valence-electron chi connectivity index (χ4n) is 2.85. The number of aliphatic hydroxyl groups is 1. The first-order valence-electron chi connectivity index (χ1n) is 8.38. The minimum atomic E-state index is -3.15. The third-order valence-corrected chi connectivity index (χ3v) is 6.66. The van der Waals surface area contributed by atoms with Crippen molar-refractivity contribution in [2.45, 2.75) is 51.7 Å². The molecular formula is C17H26ClNO5S. The third kappa shape index (κ3) is 6.15. The van der Waals surface area contributed by atoms with Crippen LogP contribution in [0.5, 0.6) is 0 Å². The lowest BCUT2D eigenvalue weighted by Gasteiger charge is -2.25. The molecule has 0 aromatic heterocycles. The highest BCUT2D eigenvalue weighted by atomic mass is 35.5. The summed E-state index contributed by atoms with van der Waals surface area (Å²) >= 11 is 5.39. The Morgan fingerprint density at radius 1 is 1.44 bits per heavy atom. The molecule has 0 amide bonds. The van der Waals surface area contributed by atoms with Gasteiger partial charge in [0.2, 0.25) is 0 Å². The third-order valence-electron chi connectivity index (χ3n) is 4.26. The van der Waals surface area contributed by atoms with Gasteiger partial charge in [-0.25, -0.2) is 8.42 Å². The molecule has 0 aliphatic heterocycles. The van der Waals surface area contributed by atoms with Gasteiger partial charge in [0.1, 0.15) is 12.4 Å². The number of hydrogen-bond acceptors (Lipinski definition) is 6. The van der Waals surface area contributed by atoms with Gasteiger partial charge in [0.15, 0.2) is 15.6 Å². The van der Waals surface area contributed by atoms with Crippen molar-refractivity contribution in [1.82, 2.24) is 0 Å². The van der Waals surface area contributed by atoms with Crippen molar-refractivity contribution in [3.63, 3.8) is 0 Å². The molecule has 0 unspecified atom stereocenters. The number of carbonyl (C=O) groups is 1. The van der Waals surface area contributed by atoms with E-state index in [1.165, 1.54) is 5.54 Å². The maximum Gasteiger partial charge on any atom is 0.168 e. The van der Waals surface area contributed by atoms with Crippen molar-refractivity contribution in [1.29, 1.82) is 0 Å². The molecule has 0 fully saturated rings. The summed E-state index contributed by atoms with van der Waals surface area (Å²) in [7, 11) is -3.15. The van der Waals surface area contributed by atoms with Crippen LogP contribution >= 0.6 is 11.6 Å². The molecule has 6 nitrogen and oxygen atoms in total. The average Bonchev–Trinajstić information content (AvgIpc) is 2.56. The average molecular weight is 392 g/mol. The normalized spacial score (nSPS) is 21.0. The van der Waals surface area contributed by atoms with E-state index < -0.39 is 15.1 Å². The van der Waals surface area contributed by atoms with E-state index in [-0.39, 0.29) is 48.2 Å². The van der Waals surface area contributed by atoms with Gasteiger partial charge in [0, 0.05) is 24.1 Å². The molecule has 1 N–H and O–H groups in total. The maximum atomic E-state index is 12.5. The number of hydrogen-bond donors (Lipinski definition) is 1. The standard InChI is InChI=1S/C17H26ClNO5S/c1-4-14(19-24-8-6-7-18)17-15(20)10-13(11-16(17)21)9-12(3)25(22,23)5-2/h6-7,12-13,20H,4-5,8-11H2,1-3H3/b7-6+,19-14-/t12-,13+/m0/s1. The molecule has 0 aromatic rings. The zero-order valence-corrected chi connectivity index (χ0v) is 16.4. The van der Waals surface area contributed by atoms with Gasteiger partial charge >= 0.3 is 0 Å². The first-order valence-corrected chi connectivity index (χ1v) is 10.5. The maximum absolute atomic E-state index is 12.5. The number of allylic oxidation sites excluding steroid dienone is 2. The highest BCUT2D eigenvalue weighted by Gasteiger charge is 2.33. The largest absolute Gasteiger partial charge is 0.511 e. The molecule has 1 aliphatic carbocycles. The number of ketones is 1. The van der Waals surface area contributed by atoms with Crippen LogP contribution in [-0.2, 0) is 19.5 Å². The van der Waals surface area contributed by atoms with Crippen LogP contribution in [0.2, 0.25) is 0 Å². The molecule has 0 saturated heterocycles. The lowest BCUT2D eigenvalue weighted by molar-refractivity contribution is -0.116. The van der Waals surface area contributed by atoms with E-state index in [2.05, 4.69) is 5.16 Å². The summed E-state index contributed by atoms with van der Waals surface area (Å²) in [5.74, 6) is -0.389. The molecule has 0 spiro atoms. The van der Waals surface area contributed by atoms with Crippen molar-refractivity contribution in [3.8, 4) is 0 Å². The minimum absolute atomic E-state index is 0.0422. The fraction of sp³-hybridized carbons (Fsp3) is 0.647. The summed E-state index contributed by atoms with van der Waals surface area (Å²) < 4.78 is 23.8. The van der Waals surface area contributed by atoms with Crippen molar-refractivity contribution in [3.05, 3.63) is 22.9 Å². The second-order valence-corrected chi connectivity index (χ2v) is 9.03. The number of oxime groups is 1. The van der Waals surface area contributed by atoms with Crippen LogP contribution in [0, 0.1) is 5.92 Å². The molecule has 0 bridgehead atoms. The molecule has 0 heterocycles. The number of carbonyl (C=O) groups excluding carboxylic acids is 1. The summed E-state index contributed by atoms with van der Waals surface area (Å²) in [6.07, 6.45) is 2.81. The number of aliphatic hydroxyl groups excluding tert-OH is 1. The summed E-state index contributed by atoms with van der Waals surface area (Å²) in [4.78, 5) is 17.5. The van der Waals surface area contributed by atoms with Gasteiger partial charge in [0.05, 0.1) is 16.5 Å². The molecule has 1 rings (SSSR count). The minimum Gasteiger partial charge on any atom is -0.511 e. The van der Waals surface area contributed by atoms with Crippen LogP contribution in [0.4, 0.5) is 0 Å². The van der Waals surface area contributed by atoms with Gasteiger partial charge < -0.3 is 9.94 Å². The van der Waals surface area contributed by atoms with E-state index in [9.17, 15) is 18.3 Å². The number of halogens is 1. The Labute approximate surface area is 154 Å². The smallest absolute Gasteiger partial charge is 0.168 e. The molecule has 0 radical (unpaired) electrons. The number of sulfone groups is 1. The van der Waals surface area contributed by atoms with Crippen LogP contribution in [0.25, 0.3) is 0 Å². The lowest BCUT2D eigenvalue weighted by Crippen LogP contribution is -2.29. The Kier molecular flexibility index (Phi) is 8.65. The van der Waals surface area contributed by atoms with E-state index in [1.807, 2.05) is 6.92 Å². The Hall–Kier alpha value is -1.34. The Balaban J connectivity index is 2.89. The summed E-state index contributed by atoms with van der Waals surface area (Å²) in [6.45, 7) is 5.24. The second kappa shape index (κ2) is 9.97. The molecule has 0 saturated carbocycles.